The molecule has 3 heteroatoms. The lowest BCUT2D eigenvalue weighted by molar-refractivity contribution is 0.266. The van der Waals surface area contributed by atoms with Crippen molar-refractivity contribution in [2.75, 3.05) is 0 Å². The minimum Gasteiger partial charge on any atom is -0.388 e. The van der Waals surface area contributed by atoms with Gasteiger partial charge in [0.25, 0.3) is 0 Å². The average molecular weight is 264 g/mol. The smallest absolute Gasteiger partial charge is 0.134 e. The number of aromatic nitrogens is 2. The molecule has 0 aliphatic heterocycles. The number of benzene rings is 2. The minimum atomic E-state index is -0.0326. The van der Waals surface area contributed by atoms with Gasteiger partial charge in [-0.05, 0) is 16.7 Å². The molecule has 3 rings (SSSR count). The first kappa shape index (κ1) is 12.6. The predicted octanol–water partition coefficient (Wildman–Crippen LogP) is 3.09. The molecule has 0 saturated heterocycles. The van der Waals surface area contributed by atoms with Gasteiger partial charge in [0.15, 0.2) is 0 Å². The second-order valence-corrected chi connectivity index (χ2v) is 4.69. The fourth-order valence-corrected chi connectivity index (χ4v) is 2.27. The number of imidazole rings is 1. The molecule has 1 heterocycles. The van der Waals surface area contributed by atoms with Crippen molar-refractivity contribution in [1.29, 1.82) is 0 Å². The molecule has 0 amide bonds. The van der Waals surface area contributed by atoms with Crippen LogP contribution in [0, 0.1) is 0 Å². The van der Waals surface area contributed by atoms with Crippen LogP contribution >= 0.6 is 0 Å². The highest BCUT2D eigenvalue weighted by molar-refractivity contribution is 5.63. The summed E-state index contributed by atoms with van der Waals surface area (Å²) in [5.41, 5.74) is 3.62. The fourth-order valence-electron chi connectivity index (χ4n) is 2.27. The van der Waals surface area contributed by atoms with Crippen molar-refractivity contribution in [2.45, 2.75) is 13.2 Å². The molecule has 100 valence electrons. The predicted molar refractivity (Wildman–Crippen MR) is 79.1 cm³/mol. The Kier molecular flexibility index (Phi) is 3.61. The van der Waals surface area contributed by atoms with Crippen LogP contribution < -0.4 is 0 Å². The van der Waals surface area contributed by atoms with Crippen molar-refractivity contribution < 1.29 is 5.11 Å². The molecule has 1 N–H and O–H groups in total. The Hall–Kier alpha value is -2.39. The molecule has 0 spiro atoms. The number of rotatable bonds is 4. The zero-order chi connectivity index (χ0) is 13.8. The Morgan fingerprint density at radius 3 is 2.30 bits per heavy atom. The standard InChI is InChI=1S/C17H16N2O/c20-13-17-18-10-11-19(17)12-14-6-8-16(9-7-14)15-4-2-1-3-5-15/h1-11,20H,12-13H2. The molecule has 0 radical (unpaired) electrons. The van der Waals surface area contributed by atoms with Crippen LogP contribution in [0.4, 0.5) is 0 Å². The number of hydrogen-bond acceptors (Lipinski definition) is 2. The van der Waals surface area contributed by atoms with Crippen molar-refractivity contribution in [2.24, 2.45) is 0 Å². The first-order chi connectivity index (χ1) is 9.86. The van der Waals surface area contributed by atoms with E-state index in [4.69, 9.17) is 0 Å². The SMILES string of the molecule is OCc1nccn1Cc1ccc(-c2ccccc2)cc1. The van der Waals surface area contributed by atoms with Crippen LogP contribution in [-0.4, -0.2) is 14.7 Å². The summed E-state index contributed by atoms with van der Waals surface area (Å²) in [5, 5.41) is 9.19. The van der Waals surface area contributed by atoms with Crippen molar-refractivity contribution in [3.63, 3.8) is 0 Å². The van der Waals surface area contributed by atoms with Crippen LogP contribution in [0.1, 0.15) is 11.4 Å². The van der Waals surface area contributed by atoms with Gasteiger partial charge in [-0.25, -0.2) is 4.98 Å². The molecule has 2 aromatic carbocycles. The molecule has 0 fully saturated rings. The van der Waals surface area contributed by atoms with Crippen LogP contribution in [0.2, 0.25) is 0 Å². The van der Waals surface area contributed by atoms with Gasteiger partial charge in [0.05, 0.1) is 0 Å². The van der Waals surface area contributed by atoms with Crippen molar-refractivity contribution in [3.05, 3.63) is 78.4 Å². The van der Waals surface area contributed by atoms with Gasteiger partial charge in [-0.15, -0.1) is 0 Å². The van der Waals surface area contributed by atoms with Gasteiger partial charge in [-0.3, -0.25) is 0 Å². The van der Waals surface area contributed by atoms with Crippen LogP contribution in [0.25, 0.3) is 11.1 Å². The normalized spacial score (nSPS) is 10.7. The van der Waals surface area contributed by atoms with Crippen LogP contribution in [0.15, 0.2) is 67.0 Å². The van der Waals surface area contributed by atoms with E-state index in [1.165, 1.54) is 16.7 Å². The van der Waals surface area contributed by atoms with Crippen LogP contribution in [0.3, 0.4) is 0 Å². The van der Waals surface area contributed by atoms with Gasteiger partial charge in [-0.1, -0.05) is 54.6 Å². The first-order valence-electron chi connectivity index (χ1n) is 6.62. The number of hydrogen-bond donors (Lipinski definition) is 1. The van der Waals surface area contributed by atoms with Crippen LogP contribution in [0.5, 0.6) is 0 Å². The molecular weight excluding hydrogens is 248 g/mol. The zero-order valence-corrected chi connectivity index (χ0v) is 11.1. The van der Waals surface area contributed by atoms with E-state index in [-0.39, 0.29) is 6.61 Å². The number of aliphatic hydroxyl groups excluding tert-OH is 1. The van der Waals surface area contributed by atoms with E-state index in [0.717, 1.165) is 6.54 Å². The summed E-state index contributed by atoms with van der Waals surface area (Å²) in [7, 11) is 0. The molecule has 3 nitrogen and oxygen atoms in total. The van der Waals surface area contributed by atoms with E-state index in [9.17, 15) is 5.11 Å². The summed E-state index contributed by atoms with van der Waals surface area (Å²) >= 11 is 0. The average Bonchev–Trinajstić information content (AvgIpc) is 2.96. The van der Waals surface area contributed by atoms with Gasteiger partial charge in [-0.2, -0.15) is 0 Å². The van der Waals surface area contributed by atoms with E-state index in [0.29, 0.717) is 5.82 Å². The quantitative estimate of drug-likeness (QED) is 0.786. The van der Waals surface area contributed by atoms with E-state index in [2.05, 4.69) is 41.4 Å². The molecule has 3 aromatic rings. The highest BCUT2D eigenvalue weighted by Crippen LogP contribution is 2.19. The second-order valence-electron chi connectivity index (χ2n) is 4.69. The zero-order valence-electron chi connectivity index (χ0n) is 11.1. The topological polar surface area (TPSA) is 38.1 Å². The Bertz CT molecular complexity index is 672. The number of nitrogens with zero attached hydrogens (tertiary/aromatic N) is 2. The Morgan fingerprint density at radius 1 is 0.900 bits per heavy atom. The molecule has 0 aliphatic carbocycles. The van der Waals surface area contributed by atoms with Crippen LogP contribution in [-0.2, 0) is 13.2 Å². The second kappa shape index (κ2) is 5.72. The third kappa shape index (κ3) is 2.63. The van der Waals surface area contributed by atoms with Gasteiger partial charge in [0.1, 0.15) is 12.4 Å². The van der Waals surface area contributed by atoms with Gasteiger partial charge >= 0.3 is 0 Å². The summed E-state index contributed by atoms with van der Waals surface area (Å²) in [4.78, 5) is 4.11. The Labute approximate surface area is 118 Å². The molecular formula is C17H16N2O. The molecule has 0 aliphatic rings. The monoisotopic (exact) mass is 264 g/mol. The summed E-state index contributed by atoms with van der Waals surface area (Å²) in [5.74, 6) is 0.692. The third-order valence-electron chi connectivity index (χ3n) is 3.36. The van der Waals surface area contributed by atoms with Gasteiger partial charge < -0.3 is 9.67 Å². The molecule has 0 unspecified atom stereocenters. The largest absolute Gasteiger partial charge is 0.388 e. The van der Waals surface area contributed by atoms with Gasteiger partial charge in [0, 0.05) is 18.9 Å². The van der Waals surface area contributed by atoms with E-state index in [1.807, 2.05) is 29.0 Å². The molecule has 0 saturated carbocycles. The maximum atomic E-state index is 9.19. The van der Waals surface area contributed by atoms with Crippen molar-refractivity contribution in [3.8, 4) is 11.1 Å². The fraction of sp³-hybridized carbons (Fsp3) is 0.118. The van der Waals surface area contributed by atoms with Gasteiger partial charge in [0.2, 0.25) is 0 Å². The van der Waals surface area contributed by atoms with Crippen molar-refractivity contribution >= 4 is 0 Å². The molecule has 0 atom stereocenters. The van der Waals surface area contributed by atoms with Crippen molar-refractivity contribution in [1.82, 2.24) is 9.55 Å². The lowest BCUT2D eigenvalue weighted by atomic mass is 10.0. The molecule has 0 bridgehead atoms. The Balaban J connectivity index is 1.80. The maximum absolute atomic E-state index is 9.19. The first-order valence-corrected chi connectivity index (χ1v) is 6.62. The summed E-state index contributed by atoms with van der Waals surface area (Å²) in [6.45, 7) is 0.695. The lowest BCUT2D eigenvalue weighted by Crippen LogP contribution is -2.04. The van der Waals surface area contributed by atoms with E-state index < -0.39 is 0 Å². The number of aliphatic hydroxyl groups is 1. The maximum Gasteiger partial charge on any atom is 0.134 e. The lowest BCUT2D eigenvalue weighted by Gasteiger charge is -2.07. The molecule has 20 heavy (non-hydrogen) atoms. The minimum absolute atomic E-state index is 0.0326. The molecule has 1 aromatic heterocycles. The highest BCUT2D eigenvalue weighted by atomic mass is 16.3. The highest BCUT2D eigenvalue weighted by Gasteiger charge is 2.02. The third-order valence-corrected chi connectivity index (χ3v) is 3.36. The summed E-state index contributed by atoms with van der Waals surface area (Å²) in [6, 6.07) is 18.8. The summed E-state index contributed by atoms with van der Waals surface area (Å²) < 4.78 is 1.96. The Morgan fingerprint density at radius 2 is 1.60 bits per heavy atom. The summed E-state index contributed by atoms with van der Waals surface area (Å²) in [6.07, 6.45) is 3.60. The van der Waals surface area contributed by atoms with E-state index >= 15 is 0 Å². The van der Waals surface area contributed by atoms with E-state index in [1.54, 1.807) is 6.20 Å².